The summed E-state index contributed by atoms with van der Waals surface area (Å²) in [5.41, 5.74) is 0.879. The number of para-hydroxylation sites is 1. The average molecular weight is 275 g/mol. The summed E-state index contributed by atoms with van der Waals surface area (Å²) < 4.78 is 0. The van der Waals surface area contributed by atoms with E-state index >= 15 is 0 Å². The van der Waals surface area contributed by atoms with E-state index in [0.717, 1.165) is 12.1 Å². The molecule has 1 heterocycles. The minimum atomic E-state index is -0.202. The van der Waals surface area contributed by atoms with Gasteiger partial charge in [-0.2, -0.15) is 0 Å². The molecule has 2 N–H and O–H groups in total. The highest BCUT2D eigenvalue weighted by molar-refractivity contribution is 5.96. The van der Waals surface area contributed by atoms with Crippen molar-refractivity contribution in [2.24, 2.45) is 0 Å². The summed E-state index contributed by atoms with van der Waals surface area (Å²) in [4.78, 5) is 25.5. The molecule has 0 bridgehead atoms. The second kappa shape index (κ2) is 6.41. The summed E-state index contributed by atoms with van der Waals surface area (Å²) in [7, 11) is 0. The standard InChI is InChI=1S/C15H21N3O2/c1-3-11(2)16-15(20)17-12-9-14(19)18(10-12)13-7-5-4-6-8-13/h4-8,11-12H,3,9-10H2,1-2H3,(H2,16,17,20). The molecule has 0 aliphatic carbocycles. The third-order valence-electron chi connectivity index (χ3n) is 3.52. The number of carbonyl (C=O) groups excluding carboxylic acids is 2. The number of hydrogen-bond acceptors (Lipinski definition) is 2. The quantitative estimate of drug-likeness (QED) is 0.881. The molecular weight excluding hydrogens is 254 g/mol. The van der Waals surface area contributed by atoms with Crippen molar-refractivity contribution in [2.75, 3.05) is 11.4 Å². The van der Waals surface area contributed by atoms with Crippen LogP contribution in [0.15, 0.2) is 30.3 Å². The number of nitrogens with one attached hydrogen (secondary N) is 2. The van der Waals surface area contributed by atoms with Crippen LogP contribution in [0.25, 0.3) is 0 Å². The number of urea groups is 1. The van der Waals surface area contributed by atoms with E-state index in [0.29, 0.717) is 13.0 Å². The molecule has 0 saturated carbocycles. The van der Waals surface area contributed by atoms with Gasteiger partial charge in [-0.1, -0.05) is 25.1 Å². The van der Waals surface area contributed by atoms with Crippen LogP contribution in [0.1, 0.15) is 26.7 Å². The van der Waals surface area contributed by atoms with Crippen LogP contribution >= 0.6 is 0 Å². The van der Waals surface area contributed by atoms with Gasteiger partial charge in [0.25, 0.3) is 0 Å². The van der Waals surface area contributed by atoms with Crippen molar-refractivity contribution in [3.8, 4) is 0 Å². The fourth-order valence-electron chi connectivity index (χ4n) is 2.21. The predicted octanol–water partition coefficient (Wildman–Crippen LogP) is 1.89. The molecular formula is C15H21N3O2. The molecule has 5 nitrogen and oxygen atoms in total. The third kappa shape index (κ3) is 3.50. The maximum atomic E-state index is 12.0. The molecule has 2 rings (SSSR count). The molecule has 2 atom stereocenters. The fraction of sp³-hybridized carbons (Fsp3) is 0.467. The highest BCUT2D eigenvalue weighted by Crippen LogP contribution is 2.20. The molecule has 1 aromatic carbocycles. The van der Waals surface area contributed by atoms with Crippen LogP contribution in [0, 0.1) is 0 Å². The monoisotopic (exact) mass is 275 g/mol. The van der Waals surface area contributed by atoms with E-state index in [4.69, 9.17) is 0 Å². The van der Waals surface area contributed by atoms with Crippen molar-refractivity contribution in [2.45, 2.75) is 38.8 Å². The van der Waals surface area contributed by atoms with Gasteiger partial charge in [-0.15, -0.1) is 0 Å². The zero-order valence-corrected chi connectivity index (χ0v) is 11.9. The van der Waals surface area contributed by atoms with Crippen LogP contribution in [0.3, 0.4) is 0 Å². The van der Waals surface area contributed by atoms with E-state index in [9.17, 15) is 9.59 Å². The van der Waals surface area contributed by atoms with Crippen LogP contribution in [0.5, 0.6) is 0 Å². The summed E-state index contributed by atoms with van der Waals surface area (Å²) in [5.74, 6) is 0.0463. The molecule has 0 spiro atoms. The third-order valence-corrected chi connectivity index (χ3v) is 3.52. The van der Waals surface area contributed by atoms with Crippen LogP contribution < -0.4 is 15.5 Å². The van der Waals surface area contributed by atoms with Crippen molar-refractivity contribution in [3.05, 3.63) is 30.3 Å². The summed E-state index contributed by atoms with van der Waals surface area (Å²) in [6, 6.07) is 9.33. The highest BCUT2D eigenvalue weighted by atomic mass is 16.2. The second-order valence-corrected chi connectivity index (χ2v) is 5.17. The van der Waals surface area contributed by atoms with E-state index in [-0.39, 0.29) is 24.0 Å². The molecule has 1 aliphatic rings. The first-order valence-corrected chi connectivity index (χ1v) is 7.02. The van der Waals surface area contributed by atoms with Crippen molar-refractivity contribution >= 4 is 17.6 Å². The first-order chi connectivity index (χ1) is 9.60. The van der Waals surface area contributed by atoms with Gasteiger partial charge in [0, 0.05) is 24.7 Å². The minimum Gasteiger partial charge on any atom is -0.336 e. The van der Waals surface area contributed by atoms with Crippen LogP contribution in [-0.2, 0) is 4.79 Å². The molecule has 20 heavy (non-hydrogen) atoms. The van der Waals surface area contributed by atoms with E-state index in [1.165, 1.54) is 0 Å². The first kappa shape index (κ1) is 14.4. The van der Waals surface area contributed by atoms with Gasteiger partial charge in [0.15, 0.2) is 0 Å². The number of benzene rings is 1. The Morgan fingerprint density at radius 2 is 2.10 bits per heavy atom. The van der Waals surface area contributed by atoms with Gasteiger partial charge in [-0.3, -0.25) is 4.79 Å². The lowest BCUT2D eigenvalue weighted by atomic mass is 10.2. The van der Waals surface area contributed by atoms with Gasteiger partial charge in [0.05, 0.1) is 6.04 Å². The van der Waals surface area contributed by atoms with E-state index in [1.807, 2.05) is 44.2 Å². The van der Waals surface area contributed by atoms with Gasteiger partial charge in [0.1, 0.15) is 0 Å². The number of amides is 3. The van der Waals surface area contributed by atoms with Crippen molar-refractivity contribution in [1.29, 1.82) is 0 Å². The number of hydrogen-bond donors (Lipinski definition) is 2. The Hall–Kier alpha value is -2.04. The lowest BCUT2D eigenvalue weighted by Gasteiger charge is -2.18. The summed E-state index contributed by atoms with van der Waals surface area (Å²) in [6.07, 6.45) is 1.23. The smallest absolute Gasteiger partial charge is 0.315 e. The number of nitrogens with zero attached hydrogens (tertiary/aromatic N) is 1. The average Bonchev–Trinajstić information content (AvgIpc) is 2.80. The Labute approximate surface area is 119 Å². The zero-order chi connectivity index (χ0) is 14.5. The maximum Gasteiger partial charge on any atom is 0.315 e. The van der Waals surface area contributed by atoms with Crippen molar-refractivity contribution in [3.63, 3.8) is 0 Å². The first-order valence-electron chi connectivity index (χ1n) is 7.02. The molecule has 1 aromatic rings. The van der Waals surface area contributed by atoms with Crippen molar-refractivity contribution < 1.29 is 9.59 Å². The molecule has 1 saturated heterocycles. The molecule has 3 amide bonds. The molecule has 0 radical (unpaired) electrons. The van der Waals surface area contributed by atoms with E-state index in [1.54, 1.807) is 4.90 Å². The zero-order valence-electron chi connectivity index (χ0n) is 11.9. The SMILES string of the molecule is CCC(C)NC(=O)NC1CC(=O)N(c2ccccc2)C1. The lowest BCUT2D eigenvalue weighted by molar-refractivity contribution is -0.117. The van der Waals surface area contributed by atoms with Gasteiger partial charge in [-0.05, 0) is 25.5 Å². The van der Waals surface area contributed by atoms with Crippen LogP contribution in [0.4, 0.5) is 10.5 Å². The topological polar surface area (TPSA) is 61.4 Å². The Morgan fingerprint density at radius 3 is 2.75 bits per heavy atom. The number of anilines is 1. The van der Waals surface area contributed by atoms with Crippen LogP contribution in [0.2, 0.25) is 0 Å². The Balaban J connectivity index is 1.91. The Morgan fingerprint density at radius 1 is 1.40 bits per heavy atom. The largest absolute Gasteiger partial charge is 0.336 e. The van der Waals surface area contributed by atoms with E-state index in [2.05, 4.69) is 10.6 Å². The van der Waals surface area contributed by atoms with Gasteiger partial charge >= 0.3 is 6.03 Å². The molecule has 1 aliphatic heterocycles. The Bertz CT molecular complexity index is 475. The van der Waals surface area contributed by atoms with Gasteiger partial charge < -0.3 is 15.5 Å². The predicted molar refractivity (Wildman–Crippen MR) is 78.6 cm³/mol. The van der Waals surface area contributed by atoms with Crippen molar-refractivity contribution in [1.82, 2.24) is 10.6 Å². The van der Waals surface area contributed by atoms with Crippen LogP contribution in [-0.4, -0.2) is 30.6 Å². The molecule has 0 aromatic heterocycles. The molecule has 5 heteroatoms. The molecule has 1 fully saturated rings. The highest BCUT2D eigenvalue weighted by Gasteiger charge is 2.31. The summed E-state index contributed by atoms with van der Waals surface area (Å²) in [5, 5.41) is 5.71. The van der Waals surface area contributed by atoms with Gasteiger partial charge in [-0.25, -0.2) is 4.79 Å². The van der Waals surface area contributed by atoms with Gasteiger partial charge in [0.2, 0.25) is 5.91 Å². The Kier molecular flexibility index (Phi) is 4.61. The minimum absolute atomic E-state index is 0.0463. The molecule has 2 unspecified atom stereocenters. The fourth-order valence-corrected chi connectivity index (χ4v) is 2.21. The summed E-state index contributed by atoms with van der Waals surface area (Å²) in [6.45, 7) is 4.49. The summed E-state index contributed by atoms with van der Waals surface area (Å²) >= 11 is 0. The molecule has 108 valence electrons. The number of carbonyl (C=O) groups is 2. The van der Waals surface area contributed by atoms with E-state index < -0.39 is 0 Å². The second-order valence-electron chi connectivity index (χ2n) is 5.17. The number of rotatable bonds is 4. The normalized spacial score (nSPS) is 19.8. The maximum absolute atomic E-state index is 12.0. The lowest BCUT2D eigenvalue weighted by Crippen LogP contribution is -2.46.